The fourth-order valence-corrected chi connectivity index (χ4v) is 2.63. The molecule has 0 radical (unpaired) electrons. The number of hydrogen-bond donors (Lipinski definition) is 2. The van der Waals surface area contributed by atoms with Crippen LogP contribution in [0, 0.1) is 0 Å². The van der Waals surface area contributed by atoms with Gasteiger partial charge in [-0.3, -0.25) is 4.79 Å². The summed E-state index contributed by atoms with van der Waals surface area (Å²) in [6, 6.07) is 13.1. The molecule has 1 heterocycles. The van der Waals surface area contributed by atoms with E-state index in [-0.39, 0.29) is 11.7 Å². The molecule has 0 atom stereocenters. The molecule has 0 unspecified atom stereocenters. The molecule has 0 bridgehead atoms. The first-order chi connectivity index (χ1) is 13.4. The molecule has 1 amide bonds. The van der Waals surface area contributed by atoms with Crippen LogP contribution in [-0.2, 0) is 0 Å². The van der Waals surface area contributed by atoms with Crippen molar-refractivity contribution >= 4 is 29.2 Å². The molecule has 3 aromatic rings. The molecule has 7 nitrogen and oxygen atoms in total. The van der Waals surface area contributed by atoms with E-state index in [1.165, 1.54) is 6.26 Å². The summed E-state index contributed by atoms with van der Waals surface area (Å²) >= 11 is 6.22. The Morgan fingerprint density at radius 1 is 1.21 bits per heavy atom. The van der Waals surface area contributed by atoms with Crippen molar-refractivity contribution in [2.45, 2.75) is 0 Å². The number of carbonyl (C=O) groups is 1. The Bertz CT molecular complexity index is 954. The molecule has 3 rings (SSSR count). The van der Waals surface area contributed by atoms with Crippen LogP contribution in [0.15, 0.2) is 53.1 Å². The molecule has 8 heteroatoms. The van der Waals surface area contributed by atoms with Crippen LogP contribution in [0.3, 0.4) is 0 Å². The minimum Gasteiger partial charge on any atom is -0.492 e. The van der Waals surface area contributed by atoms with Crippen LogP contribution in [0.5, 0.6) is 5.75 Å². The summed E-state index contributed by atoms with van der Waals surface area (Å²) < 4.78 is 10.6. The van der Waals surface area contributed by atoms with Crippen LogP contribution >= 0.6 is 11.6 Å². The lowest BCUT2D eigenvalue weighted by molar-refractivity contribution is 0.102. The van der Waals surface area contributed by atoms with E-state index < -0.39 is 5.91 Å². The summed E-state index contributed by atoms with van der Waals surface area (Å²) in [5, 5.41) is 3.14. The van der Waals surface area contributed by atoms with Gasteiger partial charge in [-0.25, -0.2) is 0 Å². The first-order valence-corrected chi connectivity index (χ1v) is 9.00. The SMILES string of the molecule is CN(C)CCOc1ccc(-c2ccc(Cl)c(NC(=O)c3coc(N)n3)c2)cc1. The molecule has 0 spiro atoms. The number of likely N-dealkylation sites (N-methyl/N-ethyl adjacent to an activating group) is 1. The number of anilines is 2. The maximum atomic E-state index is 12.3. The van der Waals surface area contributed by atoms with Crippen LogP contribution in [0.25, 0.3) is 11.1 Å². The normalized spacial score (nSPS) is 10.9. The number of hydrogen-bond acceptors (Lipinski definition) is 6. The maximum Gasteiger partial charge on any atom is 0.292 e. The summed E-state index contributed by atoms with van der Waals surface area (Å²) in [6.45, 7) is 1.47. The fraction of sp³-hybridized carbons (Fsp3) is 0.200. The Morgan fingerprint density at radius 3 is 2.57 bits per heavy atom. The van der Waals surface area contributed by atoms with Gasteiger partial charge in [-0.15, -0.1) is 0 Å². The van der Waals surface area contributed by atoms with E-state index in [4.69, 9.17) is 26.5 Å². The number of nitrogens with one attached hydrogen (secondary N) is 1. The highest BCUT2D eigenvalue weighted by molar-refractivity contribution is 6.34. The Morgan fingerprint density at radius 2 is 1.93 bits per heavy atom. The van der Waals surface area contributed by atoms with E-state index in [2.05, 4.69) is 15.2 Å². The average Bonchev–Trinajstić information content (AvgIpc) is 3.10. The number of oxazole rings is 1. The zero-order valence-electron chi connectivity index (χ0n) is 15.6. The number of nitrogens with zero attached hydrogens (tertiary/aromatic N) is 2. The second-order valence-electron chi connectivity index (χ2n) is 6.40. The lowest BCUT2D eigenvalue weighted by Gasteiger charge is -2.12. The zero-order valence-corrected chi connectivity index (χ0v) is 16.4. The van der Waals surface area contributed by atoms with Crippen molar-refractivity contribution in [1.82, 2.24) is 9.88 Å². The van der Waals surface area contributed by atoms with Crippen LogP contribution < -0.4 is 15.8 Å². The Balaban J connectivity index is 1.72. The van der Waals surface area contributed by atoms with Crippen LogP contribution in [0.2, 0.25) is 5.02 Å². The van der Waals surface area contributed by atoms with Gasteiger partial charge in [0.1, 0.15) is 18.6 Å². The molecular weight excluding hydrogens is 380 g/mol. The summed E-state index contributed by atoms with van der Waals surface area (Å²) in [7, 11) is 4.00. The third kappa shape index (κ3) is 5.03. The first kappa shape index (κ1) is 19.7. The number of carbonyl (C=O) groups excluding carboxylic acids is 1. The van der Waals surface area contributed by atoms with Crippen molar-refractivity contribution < 1.29 is 13.9 Å². The van der Waals surface area contributed by atoms with Gasteiger partial charge in [0.2, 0.25) is 0 Å². The van der Waals surface area contributed by atoms with Crippen LogP contribution in [0.1, 0.15) is 10.5 Å². The zero-order chi connectivity index (χ0) is 20.1. The fourth-order valence-electron chi connectivity index (χ4n) is 2.47. The number of ether oxygens (including phenoxy) is 1. The molecule has 28 heavy (non-hydrogen) atoms. The van der Waals surface area contributed by atoms with Gasteiger partial charge in [0.05, 0.1) is 10.7 Å². The van der Waals surface area contributed by atoms with Crippen molar-refractivity contribution in [2.24, 2.45) is 0 Å². The van der Waals surface area contributed by atoms with Gasteiger partial charge < -0.3 is 25.1 Å². The minimum atomic E-state index is -0.454. The second-order valence-corrected chi connectivity index (χ2v) is 6.80. The number of benzene rings is 2. The highest BCUT2D eigenvalue weighted by Gasteiger charge is 2.13. The highest BCUT2D eigenvalue weighted by atomic mass is 35.5. The smallest absolute Gasteiger partial charge is 0.292 e. The summed E-state index contributed by atoms with van der Waals surface area (Å²) in [4.78, 5) is 18.1. The van der Waals surface area contributed by atoms with Crippen LogP contribution in [0.4, 0.5) is 11.7 Å². The third-order valence-corrected chi connectivity index (χ3v) is 4.29. The van der Waals surface area contributed by atoms with Gasteiger partial charge in [0, 0.05) is 6.54 Å². The van der Waals surface area contributed by atoms with E-state index in [0.717, 1.165) is 23.4 Å². The van der Waals surface area contributed by atoms with Gasteiger partial charge in [-0.2, -0.15) is 4.98 Å². The van der Waals surface area contributed by atoms with Gasteiger partial charge in [-0.1, -0.05) is 29.8 Å². The molecule has 0 aliphatic carbocycles. The maximum absolute atomic E-state index is 12.3. The first-order valence-electron chi connectivity index (χ1n) is 8.62. The lowest BCUT2D eigenvalue weighted by atomic mass is 10.0. The van der Waals surface area contributed by atoms with Crippen LogP contribution in [-0.4, -0.2) is 43.0 Å². The topological polar surface area (TPSA) is 93.6 Å². The molecular formula is C20H21ClN4O3. The number of nitrogens with two attached hydrogens (primary N) is 1. The number of nitrogen functional groups attached to an aromatic ring is 1. The summed E-state index contributed by atoms with van der Waals surface area (Å²) in [6.07, 6.45) is 1.19. The second kappa shape index (κ2) is 8.77. The predicted octanol–water partition coefficient (Wildman–Crippen LogP) is 3.77. The molecule has 0 saturated carbocycles. The standard InChI is InChI=1S/C20H21ClN4O3/c1-25(2)9-10-27-15-6-3-13(4-7-15)14-5-8-16(21)17(11-14)23-19(26)18-12-28-20(22)24-18/h3-8,11-12H,9-10H2,1-2H3,(H2,22,24)(H,23,26). The van der Waals surface area contributed by atoms with Crippen molar-refractivity contribution in [3.8, 4) is 16.9 Å². The van der Waals surface area contributed by atoms with Crippen molar-refractivity contribution in [3.05, 3.63) is 59.4 Å². The van der Waals surface area contributed by atoms with Gasteiger partial charge in [0.15, 0.2) is 5.69 Å². The molecule has 0 aliphatic heterocycles. The van der Waals surface area contributed by atoms with E-state index in [1.54, 1.807) is 12.1 Å². The largest absolute Gasteiger partial charge is 0.492 e. The number of rotatable bonds is 7. The van der Waals surface area contributed by atoms with Gasteiger partial charge in [0.25, 0.3) is 11.9 Å². The Hall–Kier alpha value is -3.03. The van der Waals surface area contributed by atoms with Crippen molar-refractivity contribution in [3.63, 3.8) is 0 Å². The van der Waals surface area contributed by atoms with E-state index >= 15 is 0 Å². The van der Waals surface area contributed by atoms with E-state index in [0.29, 0.717) is 17.3 Å². The Labute approximate surface area is 168 Å². The summed E-state index contributed by atoms with van der Waals surface area (Å²) in [5.41, 5.74) is 7.82. The van der Waals surface area contributed by atoms with Crippen molar-refractivity contribution in [2.75, 3.05) is 38.3 Å². The monoisotopic (exact) mass is 400 g/mol. The van der Waals surface area contributed by atoms with Crippen molar-refractivity contribution in [1.29, 1.82) is 0 Å². The molecule has 0 aliphatic rings. The number of halogens is 1. The number of amides is 1. The number of aromatic nitrogens is 1. The average molecular weight is 401 g/mol. The summed E-state index contributed by atoms with van der Waals surface area (Å²) in [5.74, 6) is 0.348. The van der Waals surface area contributed by atoms with Gasteiger partial charge >= 0.3 is 0 Å². The molecule has 2 aromatic carbocycles. The quantitative estimate of drug-likeness (QED) is 0.627. The lowest BCUT2D eigenvalue weighted by Crippen LogP contribution is -2.19. The molecule has 0 fully saturated rings. The Kier molecular flexibility index (Phi) is 6.18. The van der Waals surface area contributed by atoms with E-state index in [9.17, 15) is 4.79 Å². The minimum absolute atomic E-state index is 0.0714. The van der Waals surface area contributed by atoms with Gasteiger partial charge in [-0.05, 0) is 49.5 Å². The highest BCUT2D eigenvalue weighted by Crippen LogP contribution is 2.30. The van der Waals surface area contributed by atoms with E-state index in [1.807, 2.05) is 44.4 Å². The molecule has 0 saturated heterocycles. The molecule has 3 N–H and O–H groups in total. The predicted molar refractivity (Wildman–Crippen MR) is 110 cm³/mol. The molecule has 1 aromatic heterocycles. The molecule has 146 valence electrons. The third-order valence-electron chi connectivity index (χ3n) is 3.96.